The van der Waals surface area contributed by atoms with Gasteiger partial charge in [-0.15, -0.1) is 0 Å². The van der Waals surface area contributed by atoms with E-state index in [0.29, 0.717) is 55.7 Å². The van der Waals surface area contributed by atoms with Gasteiger partial charge in [0, 0.05) is 101 Å². The number of halogens is 1. The van der Waals surface area contributed by atoms with Crippen LogP contribution >= 0.6 is 11.6 Å². The number of nitrogens with two attached hydrogens (primary N) is 1. The second-order valence-corrected chi connectivity index (χ2v) is 15.0. The number of nitrogens with one attached hydrogen (secondary N) is 3. The van der Waals surface area contributed by atoms with Crippen molar-refractivity contribution < 1.29 is 33.7 Å². The van der Waals surface area contributed by atoms with Crippen LogP contribution in [0.5, 0.6) is 0 Å². The van der Waals surface area contributed by atoms with Crippen LogP contribution in [-0.2, 0) is 27.3 Å². The van der Waals surface area contributed by atoms with Crippen molar-refractivity contribution in [2.75, 3.05) is 66.2 Å². The summed E-state index contributed by atoms with van der Waals surface area (Å²) in [6, 6.07) is 22.4. The topological polar surface area (TPSA) is 168 Å². The van der Waals surface area contributed by atoms with Crippen molar-refractivity contribution in [3.8, 4) is 0 Å². The first kappa shape index (κ1) is 45.9. The number of carbonyl (C=O) groups is 3. The first-order valence-electron chi connectivity index (χ1n) is 19.2. The molecule has 3 aliphatic carbocycles. The van der Waals surface area contributed by atoms with Crippen molar-refractivity contribution in [1.29, 1.82) is 0 Å². The van der Waals surface area contributed by atoms with E-state index in [0.717, 1.165) is 58.2 Å². The lowest BCUT2D eigenvalue weighted by atomic mass is 10.1. The average Bonchev–Trinajstić information content (AvgIpc) is 3.84. The predicted molar refractivity (Wildman–Crippen MR) is 215 cm³/mol. The molecule has 55 heavy (non-hydrogen) atoms. The van der Waals surface area contributed by atoms with E-state index in [1.807, 2.05) is 19.9 Å². The molecule has 3 saturated heterocycles. The van der Waals surface area contributed by atoms with Crippen LogP contribution in [0.1, 0.15) is 46.2 Å². The van der Waals surface area contributed by atoms with Crippen LogP contribution in [-0.4, -0.2) is 117 Å². The van der Waals surface area contributed by atoms with Gasteiger partial charge in [-0.25, -0.2) is 14.4 Å². The van der Waals surface area contributed by atoms with Crippen molar-refractivity contribution in [3.63, 3.8) is 0 Å². The number of carbonyl (C=O) groups excluding carboxylic acids is 3. The lowest BCUT2D eigenvalue weighted by Crippen LogP contribution is -2.35. The normalized spacial score (nSPS) is 29.7. The average molecular weight is 789 g/mol. The molecule has 2 aromatic rings. The van der Waals surface area contributed by atoms with Crippen molar-refractivity contribution in [3.05, 3.63) is 71.8 Å². The van der Waals surface area contributed by atoms with Crippen LogP contribution in [0, 0.1) is 35.0 Å². The molecule has 2 unspecified atom stereocenters. The lowest BCUT2D eigenvalue weighted by Gasteiger charge is -2.19. The number of rotatable bonds is 9. The number of likely N-dealkylation sites (tertiary alicyclic amines) is 2. The predicted octanol–water partition coefficient (Wildman–Crippen LogP) is 4.91. The fraction of sp³-hybridized carbons (Fsp3) is 0.634. The van der Waals surface area contributed by atoms with Crippen LogP contribution in [0.3, 0.4) is 0 Å². The molecule has 0 spiro atoms. The van der Waals surface area contributed by atoms with Crippen molar-refractivity contribution >= 4 is 29.2 Å². The number of piperidine rings is 3. The zero-order valence-corrected chi connectivity index (χ0v) is 33.2. The molecule has 308 valence electrons. The van der Waals surface area contributed by atoms with Gasteiger partial charge in [0.2, 0.25) is 0 Å². The maximum Gasteiger partial charge on any atom is 0.407 e. The Kier molecular flexibility index (Phi) is 18.6. The number of fused-ring (bicyclic) bond motifs is 3. The van der Waals surface area contributed by atoms with Gasteiger partial charge < -0.3 is 41.0 Å². The number of hydrogen-bond acceptors (Lipinski definition) is 11. The van der Waals surface area contributed by atoms with E-state index >= 15 is 0 Å². The second-order valence-electron chi connectivity index (χ2n) is 14.7. The number of nitrogens with zero attached hydrogens (tertiary/aromatic N) is 2. The van der Waals surface area contributed by atoms with E-state index in [9.17, 15) is 14.4 Å². The standard InChI is InChI=1S/C15H20N2O2.C12H16N2.C9H16N2O2.C3H5ClO2.CH4O.CH4/c1-2-19-15(18)16-14-12-9-17(10-13(12)14)8-11-6-4-3-5-7-11;13-12-10-7-14(8-11(10)12)6-9-4-2-1-3-5-9;1-3-13-8(12)11-7-6-4-10-5-9(6,7)2;1-2-6-3(4)5;1-2;/h3-7,12-14H,2,8-10H2,1H3,(H,16,18);1-5,10-12H,6-8,13H2;6-7,10H,3-5H2,1-2H3,(H,11,12);2H2,1H3;2H,1H3;1H4/t12-,13+,14?;10-,11+,12?;6-,7-,9-;;;/m..1.../s1. The zero-order valence-electron chi connectivity index (χ0n) is 32.4. The van der Waals surface area contributed by atoms with Crippen molar-refractivity contribution in [2.45, 2.75) is 66.3 Å². The van der Waals surface area contributed by atoms with E-state index in [1.165, 1.54) is 24.2 Å². The monoisotopic (exact) mass is 788 g/mol. The van der Waals surface area contributed by atoms with Gasteiger partial charge in [-0.05, 0) is 55.6 Å². The van der Waals surface area contributed by atoms with Gasteiger partial charge in [-0.1, -0.05) is 75.0 Å². The molecule has 9 atom stereocenters. The van der Waals surface area contributed by atoms with E-state index in [2.05, 4.69) is 92.0 Å². The molecular weight excluding hydrogens is 724 g/mol. The number of amides is 2. The Bertz CT molecular complexity index is 1440. The molecule has 13 nitrogen and oxygen atoms in total. The molecule has 8 rings (SSSR count). The fourth-order valence-corrected chi connectivity index (χ4v) is 8.28. The van der Waals surface area contributed by atoms with Crippen LogP contribution in [0.15, 0.2) is 60.7 Å². The summed E-state index contributed by atoms with van der Waals surface area (Å²) in [6.07, 6.45) is -0.542. The third kappa shape index (κ3) is 13.3. The summed E-state index contributed by atoms with van der Waals surface area (Å²) in [5.74, 6) is 3.45. The molecule has 3 saturated carbocycles. The van der Waals surface area contributed by atoms with Crippen molar-refractivity contribution in [1.82, 2.24) is 25.8 Å². The SMILES string of the molecule is C.CCOC(=O)Cl.CCOC(=O)NC1[C@H]2CN(Cc3ccccc3)C[C@@H]12.CCOC(=O)N[C@@H]1[C@H]2CNC[C@]21C.CO.NC1[C@H]2CN(Cc3ccccc3)C[C@@H]12. The quantitative estimate of drug-likeness (QED) is 0.173. The van der Waals surface area contributed by atoms with Gasteiger partial charge in [0.05, 0.1) is 19.8 Å². The third-order valence-corrected chi connectivity index (χ3v) is 11.3. The highest BCUT2D eigenvalue weighted by atomic mass is 35.5. The summed E-state index contributed by atoms with van der Waals surface area (Å²) in [6.45, 7) is 17.5. The Labute approximate surface area is 332 Å². The van der Waals surface area contributed by atoms with Gasteiger partial charge in [-0.3, -0.25) is 9.80 Å². The largest absolute Gasteiger partial charge is 0.454 e. The van der Waals surface area contributed by atoms with Crippen LogP contribution in [0.4, 0.5) is 14.4 Å². The molecular formula is C41H65ClN6O7. The van der Waals surface area contributed by atoms with E-state index < -0.39 is 5.43 Å². The first-order valence-corrected chi connectivity index (χ1v) is 19.6. The zero-order chi connectivity index (χ0) is 39.3. The number of benzene rings is 2. The summed E-state index contributed by atoms with van der Waals surface area (Å²) in [7, 11) is 1.00. The Balaban J connectivity index is 0.000000203. The summed E-state index contributed by atoms with van der Waals surface area (Å²) < 4.78 is 13.9. The Morgan fingerprint density at radius 2 is 1.22 bits per heavy atom. The molecule has 6 aliphatic rings. The molecule has 6 N–H and O–H groups in total. The Morgan fingerprint density at radius 1 is 0.782 bits per heavy atom. The second kappa shape index (κ2) is 22.3. The minimum Gasteiger partial charge on any atom is -0.454 e. The van der Waals surface area contributed by atoms with Gasteiger partial charge >= 0.3 is 17.6 Å². The highest BCUT2D eigenvalue weighted by Crippen LogP contribution is 2.54. The van der Waals surface area contributed by atoms with Crippen molar-refractivity contribution in [2.24, 2.45) is 40.7 Å². The molecule has 0 radical (unpaired) electrons. The molecule has 14 heteroatoms. The van der Waals surface area contributed by atoms with Crippen LogP contribution in [0.2, 0.25) is 0 Å². The highest BCUT2D eigenvalue weighted by Gasteiger charge is 2.64. The van der Waals surface area contributed by atoms with E-state index in [1.54, 1.807) is 6.92 Å². The van der Waals surface area contributed by atoms with Gasteiger partial charge in [0.25, 0.3) is 0 Å². The third-order valence-electron chi connectivity index (χ3n) is 11.2. The number of hydrogen-bond donors (Lipinski definition) is 5. The number of alkyl carbamates (subject to hydrolysis) is 2. The van der Waals surface area contributed by atoms with Crippen LogP contribution in [0.25, 0.3) is 0 Å². The van der Waals surface area contributed by atoms with Gasteiger partial charge in [-0.2, -0.15) is 0 Å². The molecule has 2 amide bonds. The fourth-order valence-electron chi connectivity index (χ4n) is 8.17. The van der Waals surface area contributed by atoms with Crippen LogP contribution < -0.4 is 21.7 Å². The first-order chi connectivity index (χ1) is 26.1. The highest BCUT2D eigenvalue weighted by molar-refractivity contribution is 6.61. The minimum atomic E-state index is -0.738. The van der Waals surface area contributed by atoms with E-state index in [-0.39, 0.29) is 25.0 Å². The van der Waals surface area contributed by atoms with Gasteiger partial charge in [0.15, 0.2) is 0 Å². The smallest absolute Gasteiger partial charge is 0.407 e. The summed E-state index contributed by atoms with van der Waals surface area (Å²) in [4.78, 5) is 37.0. The lowest BCUT2D eigenvalue weighted by molar-refractivity contribution is 0.148. The minimum absolute atomic E-state index is 0. The maximum atomic E-state index is 11.4. The molecule has 3 aliphatic heterocycles. The maximum absolute atomic E-state index is 11.4. The molecule has 2 aromatic carbocycles. The molecule has 3 heterocycles. The molecule has 0 bridgehead atoms. The van der Waals surface area contributed by atoms with E-state index in [4.69, 9.17) is 31.9 Å². The summed E-state index contributed by atoms with van der Waals surface area (Å²) in [5, 5.41) is 16.2. The Morgan fingerprint density at radius 3 is 1.60 bits per heavy atom. The number of aliphatic hydroxyl groups is 1. The summed E-state index contributed by atoms with van der Waals surface area (Å²) >= 11 is 4.72. The Hall–Kier alpha value is -3.46. The number of ether oxygens (including phenoxy) is 3. The number of aliphatic hydroxyl groups excluding tert-OH is 1. The summed E-state index contributed by atoms with van der Waals surface area (Å²) in [5.41, 5.74) is 8.23. The van der Waals surface area contributed by atoms with Gasteiger partial charge in [0.1, 0.15) is 0 Å². The molecule has 6 fully saturated rings. The molecule has 0 aromatic heterocycles.